The van der Waals surface area contributed by atoms with Gasteiger partial charge in [0.2, 0.25) is 10.0 Å². The number of morpholine rings is 1. The fraction of sp³-hybridized carbons (Fsp3) is 0.286. The molecule has 1 heterocycles. The van der Waals surface area contributed by atoms with E-state index in [2.05, 4.69) is 0 Å². The number of rotatable bonds is 6. The van der Waals surface area contributed by atoms with Gasteiger partial charge in [-0.1, -0.05) is 42.5 Å². The molecule has 2 aromatic carbocycles. The van der Waals surface area contributed by atoms with Gasteiger partial charge in [-0.3, -0.25) is 0 Å². The quantitative estimate of drug-likeness (QED) is 0.550. The molecule has 1 aliphatic rings. The van der Waals surface area contributed by atoms with Gasteiger partial charge in [-0.15, -0.1) is 0 Å². The smallest absolute Gasteiger partial charge is 0.331 e. The van der Waals surface area contributed by atoms with E-state index in [4.69, 9.17) is 9.47 Å². The fourth-order valence-electron chi connectivity index (χ4n) is 2.86. The van der Waals surface area contributed by atoms with Crippen LogP contribution in [0.4, 0.5) is 0 Å². The second kappa shape index (κ2) is 9.14. The summed E-state index contributed by atoms with van der Waals surface area (Å²) in [6, 6.07) is 15.9. The van der Waals surface area contributed by atoms with Gasteiger partial charge in [0.15, 0.2) is 0 Å². The van der Waals surface area contributed by atoms with Gasteiger partial charge in [0, 0.05) is 19.2 Å². The summed E-state index contributed by atoms with van der Waals surface area (Å²) in [6.07, 6.45) is 2.59. The van der Waals surface area contributed by atoms with Crippen LogP contribution in [0, 0.1) is 0 Å². The molecule has 3 rings (SSSR count). The van der Waals surface area contributed by atoms with E-state index in [1.165, 1.54) is 10.4 Å². The number of carbonyl (C=O) groups excluding carboxylic acids is 1. The molecule has 148 valence electrons. The van der Waals surface area contributed by atoms with Crippen molar-refractivity contribution >= 4 is 22.1 Å². The third kappa shape index (κ3) is 5.07. The molecule has 0 amide bonds. The van der Waals surface area contributed by atoms with E-state index in [9.17, 15) is 13.2 Å². The molecule has 28 heavy (non-hydrogen) atoms. The summed E-state index contributed by atoms with van der Waals surface area (Å²) < 4.78 is 37.2. The van der Waals surface area contributed by atoms with Crippen LogP contribution < -0.4 is 0 Å². The van der Waals surface area contributed by atoms with Crippen molar-refractivity contribution < 1.29 is 22.7 Å². The third-order valence-corrected chi connectivity index (χ3v) is 6.37. The summed E-state index contributed by atoms with van der Waals surface area (Å²) in [5, 5.41) is 0. The first kappa shape index (κ1) is 20.3. The lowest BCUT2D eigenvalue weighted by Gasteiger charge is -2.26. The second-order valence-electron chi connectivity index (χ2n) is 6.41. The van der Waals surface area contributed by atoms with E-state index >= 15 is 0 Å². The number of sulfonamides is 1. The zero-order chi connectivity index (χ0) is 20.0. The number of ether oxygens (including phenoxy) is 2. The minimum atomic E-state index is -3.52. The van der Waals surface area contributed by atoms with Crippen molar-refractivity contribution in [3.8, 4) is 0 Å². The third-order valence-electron chi connectivity index (χ3n) is 4.46. The van der Waals surface area contributed by atoms with Crippen LogP contribution in [-0.2, 0) is 24.3 Å². The Hall–Kier alpha value is -2.48. The summed E-state index contributed by atoms with van der Waals surface area (Å²) in [6.45, 7) is 3.34. The van der Waals surface area contributed by atoms with Crippen molar-refractivity contribution in [2.24, 2.45) is 0 Å². The van der Waals surface area contributed by atoms with Crippen molar-refractivity contribution in [3.05, 3.63) is 71.8 Å². The van der Waals surface area contributed by atoms with Gasteiger partial charge in [0.05, 0.1) is 18.1 Å². The summed E-state index contributed by atoms with van der Waals surface area (Å²) >= 11 is 0. The molecule has 0 aliphatic carbocycles. The van der Waals surface area contributed by atoms with Crippen molar-refractivity contribution in [2.75, 3.05) is 26.3 Å². The Morgan fingerprint density at radius 1 is 1.07 bits per heavy atom. The highest BCUT2D eigenvalue weighted by Gasteiger charge is 2.25. The topological polar surface area (TPSA) is 72.9 Å². The molecule has 1 saturated heterocycles. The molecule has 0 bridgehead atoms. The predicted molar refractivity (Wildman–Crippen MR) is 106 cm³/mol. The zero-order valence-corrected chi connectivity index (χ0v) is 16.5. The molecule has 7 heteroatoms. The molecular formula is C21H23NO5S. The van der Waals surface area contributed by atoms with Crippen molar-refractivity contribution in [1.82, 2.24) is 4.31 Å². The standard InChI is InChI=1S/C21H23NO5S/c1-17(19-5-3-2-4-6-19)27-21(23)12-9-18-7-10-20(11-8-18)28(24,25)22-13-15-26-16-14-22/h2-12,17H,13-16H2,1H3/b12-9+/t17-/m1/s1. The van der Waals surface area contributed by atoms with Crippen molar-refractivity contribution in [2.45, 2.75) is 17.9 Å². The van der Waals surface area contributed by atoms with Gasteiger partial charge in [0.25, 0.3) is 0 Å². The van der Waals surface area contributed by atoms with E-state index in [0.29, 0.717) is 31.9 Å². The SMILES string of the molecule is C[C@@H](OC(=O)/C=C/c1ccc(S(=O)(=O)N2CCOCC2)cc1)c1ccccc1. The summed E-state index contributed by atoms with van der Waals surface area (Å²) in [4.78, 5) is 12.2. The molecule has 0 radical (unpaired) electrons. The summed E-state index contributed by atoms with van der Waals surface area (Å²) in [5.41, 5.74) is 1.63. The number of hydrogen-bond donors (Lipinski definition) is 0. The normalized spacial score (nSPS) is 16.8. The molecule has 1 aliphatic heterocycles. The molecule has 0 N–H and O–H groups in total. The molecule has 2 aromatic rings. The van der Waals surface area contributed by atoms with Gasteiger partial charge >= 0.3 is 5.97 Å². The van der Waals surface area contributed by atoms with Gasteiger partial charge in [-0.2, -0.15) is 4.31 Å². The highest BCUT2D eigenvalue weighted by atomic mass is 32.2. The van der Waals surface area contributed by atoms with E-state index < -0.39 is 16.0 Å². The fourth-order valence-corrected chi connectivity index (χ4v) is 4.26. The summed E-state index contributed by atoms with van der Waals surface area (Å²) in [5.74, 6) is -0.457. The largest absolute Gasteiger partial charge is 0.455 e. The van der Waals surface area contributed by atoms with Crippen LogP contribution in [0.1, 0.15) is 24.2 Å². The van der Waals surface area contributed by atoms with Gasteiger partial charge < -0.3 is 9.47 Å². The van der Waals surface area contributed by atoms with Crippen LogP contribution in [0.25, 0.3) is 6.08 Å². The minimum Gasteiger partial charge on any atom is -0.455 e. The Morgan fingerprint density at radius 2 is 1.71 bits per heavy atom. The first-order valence-corrected chi connectivity index (χ1v) is 10.5. The average Bonchev–Trinajstić information content (AvgIpc) is 2.74. The highest BCUT2D eigenvalue weighted by molar-refractivity contribution is 7.89. The average molecular weight is 401 g/mol. The monoisotopic (exact) mass is 401 g/mol. The predicted octanol–water partition coefficient (Wildman–Crippen LogP) is 3.03. The van der Waals surface area contributed by atoms with Crippen LogP contribution in [0.15, 0.2) is 65.6 Å². The van der Waals surface area contributed by atoms with Crippen molar-refractivity contribution in [1.29, 1.82) is 0 Å². The minimum absolute atomic E-state index is 0.229. The van der Waals surface area contributed by atoms with Crippen LogP contribution in [0.5, 0.6) is 0 Å². The number of hydrogen-bond acceptors (Lipinski definition) is 5. The van der Waals surface area contributed by atoms with E-state index in [-0.39, 0.29) is 11.0 Å². The molecule has 0 saturated carbocycles. The Morgan fingerprint density at radius 3 is 2.36 bits per heavy atom. The van der Waals surface area contributed by atoms with Gasteiger partial charge in [-0.25, -0.2) is 13.2 Å². The highest BCUT2D eigenvalue weighted by Crippen LogP contribution is 2.19. The lowest BCUT2D eigenvalue weighted by Crippen LogP contribution is -2.40. The van der Waals surface area contributed by atoms with Gasteiger partial charge in [0.1, 0.15) is 6.10 Å². The molecule has 1 fully saturated rings. The van der Waals surface area contributed by atoms with Crippen LogP contribution in [0.3, 0.4) is 0 Å². The van der Waals surface area contributed by atoms with E-state index in [0.717, 1.165) is 5.56 Å². The Kier molecular flexibility index (Phi) is 6.61. The van der Waals surface area contributed by atoms with Crippen LogP contribution >= 0.6 is 0 Å². The zero-order valence-electron chi connectivity index (χ0n) is 15.7. The Labute approximate surface area is 165 Å². The molecule has 0 unspecified atom stereocenters. The maximum atomic E-state index is 12.6. The van der Waals surface area contributed by atoms with Crippen molar-refractivity contribution in [3.63, 3.8) is 0 Å². The molecule has 0 aromatic heterocycles. The first-order valence-electron chi connectivity index (χ1n) is 9.08. The Bertz CT molecular complexity index is 917. The number of carbonyl (C=O) groups is 1. The maximum absolute atomic E-state index is 12.6. The number of nitrogens with zero attached hydrogens (tertiary/aromatic N) is 1. The van der Waals surface area contributed by atoms with E-state index in [1.807, 2.05) is 37.3 Å². The summed E-state index contributed by atoms with van der Waals surface area (Å²) in [7, 11) is -3.52. The molecule has 1 atom stereocenters. The second-order valence-corrected chi connectivity index (χ2v) is 8.35. The first-order chi connectivity index (χ1) is 13.5. The number of esters is 1. The van der Waals surface area contributed by atoms with E-state index in [1.54, 1.807) is 30.3 Å². The molecule has 6 nitrogen and oxygen atoms in total. The number of benzene rings is 2. The molecule has 0 spiro atoms. The Balaban J connectivity index is 1.61. The lowest BCUT2D eigenvalue weighted by atomic mass is 10.1. The van der Waals surface area contributed by atoms with Crippen LogP contribution in [0.2, 0.25) is 0 Å². The molecular weight excluding hydrogens is 378 g/mol. The lowest BCUT2D eigenvalue weighted by molar-refractivity contribution is -0.142. The van der Waals surface area contributed by atoms with Crippen LogP contribution in [-0.4, -0.2) is 45.0 Å². The van der Waals surface area contributed by atoms with Gasteiger partial charge in [-0.05, 0) is 36.3 Å². The maximum Gasteiger partial charge on any atom is 0.331 e.